The summed E-state index contributed by atoms with van der Waals surface area (Å²) < 4.78 is 5.04. The Morgan fingerprint density at radius 3 is 2.07 bits per heavy atom. The molecule has 0 aliphatic rings. The van der Waals surface area contributed by atoms with Crippen molar-refractivity contribution in [3.05, 3.63) is 35.4 Å². The number of hydrogen-bond donors (Lipinski definition) is 1. The summed E-state index contributed by atoms with van der Waals surface area (Å²) in [5, 5.41) is 9.31. The zero-order chi connectivity index (χ0) is 11.4. The first-order chi connectivity index (χ1) is 7.00. The Kier molecular flexibility index (Phi) is 3.86. The van der Waals surface area contributed by atoms with E-state index in [2.05, 4.69) is 0 Å². The minimum Gasteiger partial charge on any atom is -0.458 e. The number of ether oxygens (including phenoxy) is 1. The maximum Gasteiger partial charge on any atom is 0.303 e. The Bertz CT molecular complexity index is 327. The van der Waals surface area contributed by atoms with Crippen LogP contribution in [0.25, 0.3) is 0 Å². The van der Waals surface area contributed by atoms with Gasteiger partial charge in [-0.15, -0.1) is 0 Å². The van der Waals surface area contributed by atoms with E-state index in [1.54, 1.807) is 6.92 Å². The van der Waals surface area contributed by atoms with Crippen LogP contribution in [0.4, 0.5) is 0 Å². The van der Waals surface area contributed by atoms with Crippen molar-refractivity contribution in [2.75, 3.05) is 0 Å². The van der Waals surface area contributed by atoms with Gasteiger partial charge in [0.2, 0.25) is 0 Å². The van der Waals surface area contributed by atoms with E-state index in [-0.39, 0.29) is 12.1 Å². The molecule has 3 heteroatoms. The van der Waals surface area contributed by atoms with Crippen molar-refractivity contribution in [3.63, 3.8) is 0 Å². The third-order valence-corrected chi connectivity index (χ3v) is 2.23. The minimum absolute atomic E-state index is 0.245. The highest BCUT2D eigenvalue weighted by molar-refractivity contribution is 5.66. The molecule has 0 amide bonds. The van der Waals surface area contributed by atoms with Gasteiger partial charge in [-0.2, -0.15) is 0 Å². The summed E-state index contributed by atoms with van der Waals surface area (Å²) >= 11 is 0. The van der Waals surface area contributed by atoms with Gasteiger partial charge in [0.05, 0.1) is 6.10 Å². The molecule has 1 rings (SSSR count). The largest absolute Gasteiger partial charge is 0.458 e. The number of aliphatic hydroxyl groups excluding tert-OH is 1. The molecule has 1 aromatic rings. The van der Waals surface area contributed by atoms with E-state index in [1.165, 1.54) is 6.92 Å². The fourth-order valence-electron chi connectivity index (χ4n) is 1.36. The molecular formula is C12H16O3. The maximum absolute atomic E-state index is 10.7. The summed E-state index contributed by atoms with van der Waals surface area (Å²) in [5.74, 6) is -0.290. The summed E-state index contributed by atoms with van der Waals surface area (Å²) in [6.45, 7) is 4.92. The SMILES string of the molecule is CC(=O)OC(C)c1ccc(C(C)O)cc1. The fraction of sp³-hybridized carbons (Fsp3) is 0.417. The van der Waals surface area contributed by atoms with Crippen LogP contribution in [0.3, 0.4) is 0 Å². The second kappa shape index (κ2) is 4.94. The Morgan fingerprint density at radius 1 is 1.20 bits per heavy atom. The number of rotatable bonds is 3. The molecule has 82 valence electrons. The van der Waals surface area contributed by atoms with E-state index in [4.69, 9.17) is 4.74 Å². The molecule has 0 aromatic heterocycles. The van der Waals surface area contributed by atoms with Gasteiger partial charge in [-0.3, -0.25) is 4.79 Å². The summed E-state index contributed by atoms with van der Waals surface area (Å²) in [6, 6.07) is 7.38. The van der Waals surface area contributed by atoms with E-state index in [0.717, 1.165) is 11.1 Å². The molecule has 0 aliphatic carbocycles. The lowest BCUT2D eigenvalue weighted by Gasteiger charge is -2.13. The van der Waals surface area contributed by atoms with Gasteiger partial charge in [-0.1, -0.05) is 24.3 Å². The number of esters is 1. The number of carbonyl (C=O) groups is 1. The van der Waals surface area contributed by atoms with Crippen molar-refractivity contribution in [2.24, 2.45) is 0 Å². The minimum atomic E-state index is -0.469. The molecule has 15 heavy (non-hydrogen) atoms. The van der Waals surface area contributed by atoms with Crippen molar-refractivity contribution in [2.45, 2.75) is 33.0 Å². The molecule has 3 nitrogen and oxygen atoms in total. The average molecular weight is 208 g/mol. The third kappa shape index (κ3) is 3.36. The van der Waals surface area contributed by atoms with Crippen LogP contribution in [-0.4, -0.2) is 11.1 Å². The quantitative estimate of drug-likeness (QED) is 0.776. The van der Waals surface area contributed by atoms with Gasteiger partial charge in [0.15, 0.2) is 0 Å². The van der Waals surface area contributed by atoms with Gasteiger partial charge in [-0.25, -0.2) is 0 Å². The van der Waals surface area contributed by atoms with Crippen LogP contribution in [0.15, 0.2) is 24.3 Å². The average Bonchev–Trinajstić information content (AvgIpc) is 2.17. The molecule has 0 saturated heterocycles. The molecule has 0 aliphatic heterocycles. The van der Waals surface area contributed by atoms with Crippen LogP contribution in [0.2, 0.25) is 0 Å². The van der Waals surface area contributed by atoms with Crippen LogP contribution >= 0.6 is 0 Å². The van der Waals surface area contributed by atoms with Crippen molar-refractivity contribution in [3.8, 4) is 0 Å². The number of hydrogen-bond acceptors (Lipinski definition) is 3. The lowest BCUT2D eigenvalue weighted by molar-refractivity contribution is -0.145. The second-order valence-corrected chi connectivity index (χ2v) is 3.59. The van der Waals surface area contributed by atoms with E-state index >= 15 is 0 Å². The molecule has 1 aromatic carbocycles. The molecule has 1 N–H and O–H groups in total. The smallest absolute Gasteiger partial charge is 0.303 e. The van der Waals surface area contributed by atoms with Crippen molar-refractivity contribution in [1.29, 1.82) is 0 Å². The summed E-state index contributed by atoms with van der Waals surface area (Å²) in [5.41, 5.74) is 1.78. The first-order valence-electron chi connectivity index (χ1n) is 4.96. The first kappa shape index (κ1) is 11.7. The van der Waals surface area contributed by atoms with Gasteiger partial charge in [0.1, 0.15) is 6.10 Å². The zero-order valence-electron chi connectivity index (χ0n) is 9.23. The molecule has 2 unspecified atom stereocenters. The summed E-state index contributed by atoms with van der Waals surface area (Å²) in [4.78, 5) is 10.7. The van der Waals surface area contributed by atoms with E-state index in [9.17, 15) is 9.90 Å². The van der Waals surface area contributed by atoms with Gasteiger partial charge in [-0.05, 0) is 25.0 Å². The Balaban J connectivity index is 2.75. The fourth-order valence-corrected chi connectivity index (χ4v) is 1.36. The van der Waals surface area contributed by atoms with Crippen molar-refractivity contribution < 1.29 is 14.6 Å². The molecule has 0 fully saturated rings. The monoisotopic (exact) mass is 208 g/mol. The van der Waals surface area contributed by atoms with Crippen molar-refractivity contribution in [1.82, 2.24) is 0 Å². The van der Waals surface area contributed by atoms with Gasteiger partial charge in [0, 0.05) is 6.92 Å². The lowest BCUT2D eigenvalue weighted by Crippen LogP contribution is -2.04. The molecule has 0 spiro atoms. The molecule has 0 saturated carbocycles. The van der Waals surface area contributed by atoms with Crippen LogP contribution in [0, 0.1) is 0 Å². The van der Waals surface area contributed by atoms with E-state index < -0.39 is 6.10 Å². The highest BCUT2D eigenvalue weighted by atomic mass is 16.5. The third-order valence-electron chi connectivity index (χ3n) is 2.23. The van der Waals surface area contributed by atoms with E-state index in [0.29, 0.717) is 0 Å². The Labute approximate surface area is 89.7 Å². The maximum atomic E-state index is 10.7. The highest BCUT2D eigenvalue weighted by Gasteiger charge is 2.08. The molecule has 0 radical (unpaired) electrons. The van der Waals surface area contributed by atoms with Gasteiger partial charge < -0.3 is 9.84 Å². The van der Waals surface area contributed by atoms with Crippen LogP contribution in [0.1, 0.15) is 44.1 Å². The van der Waals surface area contributed by atoms with Crippen LogP contribution < -0.4 is 0 Å². The first-order valence-corrected chi connectivity index (χ1v) is 4.96. The predicted molar refractivity (Wildman–Crippen MR) is 57.3 cm³/mol. The molecule has 0 bridgehead atoms. The molecule has 0 heterocycles. The normalized spacial score (nSPS) is 14.4. The van der Waals surface area contributed by atoms with Crippen LogP contribution in [0.5, 0.6) is 0 Å². The number of aliphatic hydroxyl groups is 1. The van der Waals surface area contributed by atoms with Gasteiger partial charge in [0.25, 0.3) is 0 Å². The molecule has 2 atom stereocenters. The summed E-state index contributed by atoms with van der Waals surface area (Å²) in [6.07, 6.45) is -0.714. The van der Waals surface area contributed by atoms with E-state index in [1.807, 2.05) is 31.2 Å². The predicted octanol–water partition coefficient (Wildman–Crippen LogP) is 2.36. The topological polar surface area (TPSA) is 46.5 Å². The van der Waals surface area contributed by atoms with Crippen molar-refractivity contribution >= 4 is 5.97 Å². The number of benzene rings is 1. The zero-order valence-corrected chi connectivity index (χ0v) is 9.23. The summed E-state index contributed by atoms with van der Waals surface area (Å²) in [7, 11) is 0. The molecular weight excluding hydrogens is 192 g/mol. The number of carbonyl (C=O) groups excluding carboxylic acids is 1. The Morgan fingerprint density at radius 2 is 1.67 bits per heavy atom. The second-order valence-electron chi connectivity index (χ2n) is 3.59. The standard InChI is InChI=1S/C12H16O3/c1-8(13)11-4-6-12(7-5-11)9(2)15-10(3)14/h4-9,13H,1-3H3. The van der Waals surface area contributed by atoms with Gasteiger partial charge >= 0.3 is 5.97 Å². The van der Waals surface area contributed by atoms with Crippen LogP contribution in [-0.2, 0) is 9.53 Å². The lowest BCUT2D eigenvalue weighted by atomic mass is 10.1. The Hall–Kier alpha value is -1.35. The highest BCUT2D eigenvalue weighted by Crippen LogP contribution is 2.19.